The number of hydrogen-bond acceptors (Lipinski definition) is 4. The molecule has 0 aromatic heterocycles. The van der Waals surface area contributed by atoms with E-state index in [0.717, 1.165) is 6.92 Å². The molecule has 1 unspecified atom stereocenters. The van der Waals surface area contributed by atoms with Crippen LogP contribution < -0.4 is 11.5 Å². The number of carbonyl (C=O) groups is 4. The SMILES string of the molecule is CC(C(=O)O)C(=O)N(CC(N)=O)CC(N)=O. The molecule has 1 atom stereocenters. The van der Waals surface area contributed by atoms with Gasteiger partial charge in [-0.3, -0.25) is 19.2 Å². The molecule has 0 heterocycles. The summed E-state index contributed by atoms with van der Waals surface area (Å²) in [6, 6.07) is 0. The predicted octanol–water partition coefficient (Wildman–Crippen LogP) is -2.49. The molecule has 0 fully saturated rings. The molecule has 8 heteroatoms. The summed E-state index contributed by atoms with van der Waals surface area (Å²) < 4.78 is 0. The number of carboxylic acid groups (broad SMARTS) is 1. The van der Waals surface area contributed by atoms with Gasteiger partial charge in [0.05, 0.1) is 13.1 Å². The fourth-order valence-corrected chi connectivity index (χ4v) is 0.967. The summed E-state index contributed by atoms with van der Waals surface area (Å²) in [6.07, 6.45) is 0. The van der Waals surface area contributed by atoms with Crippen molar-refractivity contribution in [1.82, 2.24) is 4.90 Å². The van der Waals surface area contributed by atoms with Crippen LogP contribution in [0.2, 0.25) is 0 Å². The third-order valence-electron chi connectivity index (χ3n) is 1.75. The molecule has 0 radical (unpaired) electrons. The normalized spacial score (nSPS) is 11.6. The van der Waals surface area contributed by atoms with Crippen molar-refractivity contribution in [3.8, 4) is 0 Å². The molecule has 0 spiro atoms. The molecule has 0 aromatic carbocycles. The Morgan fingerprint density at radius 2 is 1.50 bits per heavy atom. The molecule has 8 nitrogen and oxygen atoms in total. The summed E-state index contributed by atoms with van der Waals surface area (Å²) in [5.74, 6) is -5.31. The van der Waals surface area contributed by atoms with Gasteiger partial charge >= 0.3 is 5.97 Å². The number of aliphatic carboxylic acids is 1. The van der Waals surface area contributed by atoms with E-state index in [2.05, 4.69) is 0 Å². The zero-order valence-corrected chi connectivity index (χ0v) is 8.67. The maximum atomic E-state index is 11.5. The average molecular weight is 231 g/mol. The second kappa shape index (κ2) is 5.69. The molecule has 0 aromatic rings. The molecule has 0 aliphatic rings. The Morgan fingerprint density at radius 1 is 1.12 bits per heavy atom. The predicted molar refractivity (Wildman–Crippen MR) is 51.8 cm³/mol. The van der Waals surface area contributed by atoms with Crippen LogP contribution in [-0.2, 0) is 19.2 Å². The van der Waals surface area contributed by atoms with Crippen molar-refractivity contribution in [2.45, 2.75) is 6.92 Å². The minimum absolute atomic E-state index is 0.542. The van der Waals surface area contributed by atoms with Crippen molar-refractivity contribution in [2.24, 2.45) is 17.4 Å². The molecular formula is C8H13N3O5. The van der Waals surface area contributed by atoms with Gasteiger partial charge < -0.3 is 21.5 Å². The van der Waals surface area contributed by atoms with Crippen LogP contribution in [0.25, 0.3) is 0 Å². The number of carboxylic acids is 1. The molecule has 16 heavy (non-hydrogen) atoms. The number of nitrogens with zero attached hydrogens (tertiary/aromatic N) is 1. The minimum atomic E-state index is -1.36. The van der Waals surface area contributed by atoms with Crippen molar-refractivity contribution in [3.05, 3.63) is 0 Å². The summed E-state index contributed by atoms with van der Waals surface area (Å²) in [5, 5.41) is 8.59. The Hall–Kier alpha value is -2.12. The van der Waals surface area contributed by atoms with E-state index >= 15 is 0 Å². The summed E-state index contributed by atoms with van der Waals surface area (Å²) in [6.45, 7) is 0.0540. The number of rotatable bonds is 6. The van der Waals surface area contributed by atoms with Gasteiger partial charge in [-0.1, -0.05) is 0 Å². The van der Waals surface area contributed by atoms with E-state index in [4.69, 9.17) is 16.6 Å². The van der Waals surface area contributed by atoms with E-state index in [1.807, 2.05) is 0 Å². The number of hydrogen-bond donors (Lipinski definition) is 3. The maximum Gasteiger partial charge on any atom is 0.315 e. The summed E-state index contributed by atoms with van der Waals surface area (Å²) in [7, 11) is 0. The number of amides is 3. The quantitative estimate of drug-likeness (QED) is 0.433. The zero-order valence-electron chi connectivity index (χ0n) is 8.67. The molecule has 0 aliphatic heterocycles. The molecule has 90 valence electrons. The fourth-order valence-electron chi connectivity index (χ4n) is 0.967. The van der Waals surface area contributed by atoms with E-state index in [1.54, 1.807) is 0 Å². The number of carbonyl (C=O) groups excluding carboxylic acids is 3. The first-order valence-electron chi connectivity index (χ1n) is 4.34. The molecule has 0 bridgehead atoms. The van der Waals surface area contributed by atoms with Crippen LogP contribution in [-0.4, -0.2) is 46.8 Å². The van der Waals surface area contributed by atoms with E-state index in [-0.39, 0.29) is 0 Å². The second-order valence-corrected chi connectivity index (χ2v) is 3.19. The smallest absolute Gasteiger partial charge is 0.315 e. The van der Waals surface area contributed by atoms with Gasteiger partial charge in [-0.2, -0.15) is 0 Å². The van der Waals surface area contributed by atoms with Crippen molar-refractivity contribution in [3.63, 3.8) is 0 Å². The largest absolute Gasteiger partial charge is 0.481 e. The lowest BCUT2D eigenvalue weighted by Gasteiger charge is -2.21. The van der Waals surface area contributed by atoms with E-state index in [9.17, 15) is 19.2 Å². The van der Waals surface area contributed by atoms with Crippen molar-refractivity contribution >= 4 is 23.7 Å². The van der Waals surface area contributed by atoms with Crippen molar-refractivity contribution in [2.75, 3.05) is 13.1 Å². The van der Waals surface area contributed by atoms with Gasteiger partial charge in [0.2, 0.25) is 17.7 Å². The highest BCUT2D eigenvalue weighted by molar-refractivity contribution is 5.99. The first kappa shape index (κ1) is 13.9. The van der Waals surface area contributed by atoms with Gasteiger partial charge in [-0.15, -0.1) is 0 Å². The summed E-state index contributed by atoms with van der Waals surface area (Å²) in [4.78, 5) is 44.0. The van der Waals surface area contributed by atoms with Crippen LogP contribution in [0, 0.1) is 5.92 Å². The third kappa shape index (κ3) is 4.40. The fraction of sp³-hybridized carbons (Fsp3) is 0.500. The van der Waals surface area contributed by atoms with Crippen LogP contribution in [0.5, 0.6) is 0 Å². The molecule has 0 saturated carbocycles. The van der Waals surface area contributed by atoms with Crippen LogP contribution in [0.1, 0.15) is 6.92 Å². The summed E-state index contributed by atoms with van der Waals surface area (Å²) >= 11 is 0. The van der Waals surface area contributed by atoms with Gasteiger partial charge in [0.25, 0.3) is 0 Å². The lowest BCUT2D eigenvalue weighted by Crippen LogP contribution is -2.46. The molecule has 5 N–H and O–H groups in total. The highest BCUT2D eigenvalue weighted by Gasteiger charge is 2.27. The molecule has 0 rings (SSSR count). The van der Waals surface area contributed by atoms with E-state index < -0.39 is 42.7 Å². The van der Waals surface area contributed by atoms with Gasteiger partial charge in [0, 0.05) is 0 Å². The first-order valence-corrected chi connectivity index (χ1v) is 4.34. The maximum absolute atomic E-state index is 11.5. The number of nitrogens with two attached hydrogens (primary N) is 2. The molecule has 0 aliphatic carbocycles. The Bertz CT molecular complexity index is 312. The van der Waals surface area contributed by atoms with E-state index in [1.165, 1.54) is 0 Å². The molecular weight excluding hydrogens is 218 g/mol. The number of primary amides is 2. The highest BCUT2D eigenvalue weighted by atomic mass is 16.4. The minimum Gasteiger partial charge on any atom is -0.481 e. The third-order valence-corrected chi connectivity index (χ3v) is 1.75. The van der Waals surface area contributed by atoms with Gasteiger partial charge in [0.15, 0.2) is 0 Å². The summed E-state index contributed by atoms with van der Waals surface area (Å²) in [5.41, 5.74) is 9.70. The van der Waals surface area contributed by atoms with Crippen LogP contribution in [0.4, 0.5) is 0 Å². The van der Waals surface area contributed by atoms with Crippen LogP contribution >= 0.6 is 0 Å². The average Bonchev–Trinajstić information content (AvgIpc) is 2.12. The Morgan fingerprint density at radius 3 is 1.75 bits per heavy atom. The van der Waals surface area contributed by atoms with Crippen LogP contribution in [0.3, 0.4) is 0 Å². The standard InChI is InChI=1S/C8H13N3O5/c1-4(8(15)16)7(14)11(2-5(9)12)3-6(10)13/h4H,2-3H2,1H3,(H2,9,12)(H2,10,13)(H,15,16). The Balaban J connectivity index is 4.74. The first-order chi connectivity index (χ1) is 7.25. The van der Waals surface area contributed by atoms with Crippen molar-refractivity contribution < 1.29 is 24.3 Å². The van der Waals surface area contributed by atoms with Gasteiger partial charge in [0.1, 0.15) is 5.92 Å². The highest BCUT2D eigenvalue weighted by Crippen LogP contribution is 2.02. The van der Waals surface area contributed by atoms with E-state index in [0.29, 0.717) is 4.90 Å². The van der Waals surface area contributed by atoms with Crippen LogP contribution in [0.15, 0.2) is 0 Å². The molecule has 0 saturated heterocycles. The molecule has 3 amide bonds. The zero-order chi connectivity index (χ0) is 12.9. The second-order valence-electron chi connectivity index (χ2n) is 3.19. The Kier molecular flexibility index (Phi) is 4.93. The topological polar surface area (TPSA) is 144 Å². The van der Waals surface area contributed by atoms with Gasteiger partial charge in [-0.25, -0.2) is 0 Å². The lowest BCUT2D eigenvalue weighted by molar-refractivity contribution is -0.152. The monoisotopic (exact) mass is 231 g/mol. The van der Waals surface area contributed by atoms with Crippen molar-refractivity contribution in [1.29, 1.82) is 0 Å². The lowest BCUT2D eigenvalue weighted by atomic mass is 10.1. The Labute approximate surface area is 91.2 Å². The van der Waals surface area contributed by atoms with Gasteiger partial charge in [-0.05, 0) is 6.92 Å².